The molecule has 1 N–H and O–H groups in total. The van der Waals surface area contributed by atoms with E-state index in [4.69, 9.17) is 9.47 Å². The zero-order valence-corrected chi connectivity index (χ0v) is 28.7. The Bertz CT molecular complexity index is 752. The highest BCUT2D eigenvalue weighted by Gasteiger charge is 2.16. The summed E-state index contributed by atoms with van der Waals surface area (Å²) in [4.78, 5) is 24.1. The van der Waals surface area contributed by atoms with Crippen molar-refractivity contribution in [3.05, 3.63) is 48.6 Å². The molecular weight excluding hydrogens is 548 g/mol. The minimum atomic E-state index is -0.776. The second-order valence-electron chi connectivity index (χ2n) is 11.9. The first kappa shape index (κ1) is 41.9. The second kappa shape index (κ2) is 35.3. The van der Waals surface area contributed by atoms with Crippen molar-refractivity contribution in [2.45, 2.75) is 174 Å². The monoisotopic (exact) mass is 617 g/mol. The van der Waals surface area contributed by atoms with Gasteiger partial charge in [0, 0.05) is 12.8 Å². The predicted octanol–water partition coefficient (Wildman–Crippen LogP) is 11.1. The van der Waals surface area contributed by atoms with Crippen LogP contribution in [0.3, 0.4) is 0 Å². The van der Waals surface area contributed by atoms with Gasteiger partial charge in [-0.2, -0.15) is 0 Å². The Morgan fingerprint density at radius 1 is 0.545 bits per heavy atom. The largest absolute Gasteiger partial charge is 0.462 e. The minimum absolute atomic E-state index is 0.0710. The SMILES string of the molecule is CC/C=C\C/C=C\C/C=C\C/C=C\CCCCCCCCC(=O)OC(CO)COC(=O)CCCCCCCCCCCCC. The first-order chi connectivity index (χ1) is 21.6. The second-order valence-corrected chi connectivity index (χ2v) is 11.9. The predicted molar refractivity (Wildman–Crippen MR) is 187 cm³/mol. The summed E-state index contributed by atoms with van der Waals surface area (Å²) in [5, 5.41) is 9.52. The summed E-state index contributed by atoms with van der Waals surface area (Å²) in [6.45, 7) is 3.99. The van der Waals surface area contributed by atoms with E-state index in [0.29, 0.717) is 12.8 Å². The van der Waals surface area contributed by atoms with Gasteiger partial charge >= 0.3 is 11.9 Å². The zero-order chi connectivity index (χ0) is 32.2. The molecule has 0 rings (SSSR count). The molecule has 0 amide bonds. The van der Waals surface area contributed by atoms with Crippen LogP contribution in [-0.4, -0.2) is 36.4 Å². The number of unbranched alkanes of at least 4 members (excludes halogenated alkanes) is 16. The summed E-state index contributed by atoms with van der Waals surface area (Å²) in [5.41, 5.74) is 0. The maximum Gasteiger partial charge on any atom is 0.306 e. The quantitative estimate of drug-likeness (QED) is 0.0462. The zero-order valence-electron chi connectivity index (χ0n) is 28.7. The number of ether oxygens (including phenoxy) is 2. The average molecular weight is 617 g/mol. The molecule has 0 aliphatic rings. The van der Waals surface area contributed by atoms with Gasteiger partial charge in [0.05, 0.1) is 6.61 Å². The molecule has 5 heteroatoms. The number of rotatable bonds is 32. The van der Waals surface area contributed by atoms with E-state index in [9.17, 15) is 14.7 Å². The van der Waals surface area contributed by atoms with Gasteiger partial charge in [0.15, 0.2) is 6.10 Å². The molecule has 0 aliphatic heterocycles. The lowest BCUT2D eigenvalue weighted by Crippen LogP contribution is -2.28. The van der Waals surface area contributed by atoms with Crippen molar-refractivity contribution in [3.8, 4) is 0 Å². The number of esters is 2. The number of aliphatic hydroxyl groups is 1. The molecule has 1 atom stereocenters. The van der Waals surface area contributed by atoms with Crippen molar-refractivity contribution in [1.82, 2.24) is 0 Å². The van der Waals surface area contributed by atoms with E-state index in [0.717, 1.165) is 70.6 Å². The molecule has 0 aromatic rings. The third-order valence-electron chi connectivity index (χ3n) is 7.64. The Morgan fingerprint density at radius 2 is 0.977 bits per heavy atom. The standard InChI is InChI=1S/C39H68O5/c1-3-5-7-9-11-13-15-16-17-18-19-20-21-22-24-26-28-30-32-34-39(42)44-37(35-40)36-43-38(41)33-31-29-27-25-23-14-12-10-8-6-4-2/h5,7,11,13,16-17,19-20,37,40H,3-4,6,8-10,12,14-15,18,21-36H2,1-2H3/b7-5-,13-11-,17-16-,20-19-. The molecule has 0 spiro atoms. The molecule has 0 aliphatic carbocycles. The Morgan fingerprint density at radius 3 is 1.48 bits per heavy atom. The fourth-order valence-electron chi connectivity index (χ4n) is 4.90. The number of carbonyl (C=O) groups excluding carboxylic acids is 2. The maximum absolute atomic E-state index is 12.1. The third-order valence-corrected chi connectivity index (χ3v) is 7.64. The Balaban J connectivity index is 3.61. The van der Waals surface area contributed by atoms with Gasteiger partial charge in [0.2, 0.25) is 0 Å². The van der Waals surface area contributed by atoms with Gasteiger partial charge < -0.3 is 14.6 Å². The molecule has 0 heterocycles. The van der Waals surface area contributed by atoms with E-state index in [1.807, 2.05) is 0 Å². The van der Waals surface area contributed by atoms with Crippen LogP contribution in [0.5, 0.6) is 0 Å². The summed E-state index contributed by atoms with van der Waals surface area (Å²) in [6.07, 6.45) is 43.1. The molecule has 0 saturated carbocycles. The molecule has 254 valence electrons. The van der Waals surface area contributed by atoms with Gasteiger partial charge in [0.1, 0.15) is 6.61 Å². The molecule has 1 unspecified atom stereocenters. The molecule has 5 nitrogen and oxygen atoms in total. The molecule has 0 fully saturated rings. The molecule has 44 heavy (non-hydrogen) atoms. The third kappa shape index (κ3) is 32.8. The van der Waals surface area contributed by atoms with Crippen molar-refractivity contribution in [1.29, 1.82) is 0 Å². The van der Waals surface area contributed by atoms with Crippen LogP contribution in [0.1, 0.15) is 168 Å². The summed E-state index contributed by atoms with van der Waals surface area (Å²) < 4.78 is 10.6. The van der Waals surface area contributed by atoms with E-state index in [1.54, 1.807) is 0 Å². The molecular formula is C39H68O5. The first-order valence-corrected chi connectivity index (χ1v) is 18.2. The Hall–Kier alpha value is -2.14. The van der Waals surface area contributed by atoms with E-state index in [1.165, 1.54) is 70.6 Å². The van der Waals surface area contributed by atoms with E-state index < -0.39 is 6.10 Å². The first-order valence-electron chi connectivity index (χ1n) is 18.2. The van der Waals surface area contributed by atoms with Crippen LogP contribution in [0.4, 0.5) is 0 Å². The highest BCUT2D eigenvalue weighted by molar-refractivity contribution is 5.70. The van der Waals surface area contributed by atoms with Gasteiger partial charge in [-0.3, -0.25) is 9.59 Å². The molecule has 0 bridgehead atoms. The van der Waals surface area contributed by atoms with Crippen molar-refractivity contribution in [2.24, 2.45) is 0 Å². The van der Waals surface area contributed by atoms with Crippen LogP contribution < -0.4 is 0 Å². The molecule has 0 saturated heterocycles. The fourth-order valence-corrected chi connectivity index (χ4v) is 4.90. The maximum atomic E-state index is 12.1. The lowest BCUT2D eigenvalue weighted by atomic mass is 10.1. The highest BCUT2D eigenvalue weighted by Crippen LogP contribution is 2.13. The lowest BCUT2D eigenvalue weighted by Gasteiger charge is -2.15. The minimum Gasteiger partial charge on any atom is -0.462 e. The van der Waals surface area contributed by atoms with Crippen LogP contribution in [0, 0.1) is 0 Å². The van der Waals surface area contributed by atoms with Crippen LogP contribution in [0.25, 0.3) is 0 Å². The van der Waals surface area contributed by atoms with E-state index in [-0.39, 0.29) is 25.2 Å². The number of hydrogen-bond acceptors (Lipinski definition) is 5. The van der Waals surface area contributed by atoms with Crippen molar-refractivity contribution in [2.75, 3.05) is 13.2 Å². The average Bonchev–Trinajstić information content (AvgIpc) is 3.02. The number of allylic oxidation sites excluding steroid dienone is 8. The molecule has 0 radical (unpaired) electrons. The van der Waals surface area contributed by atoms with Crippen molar-refractivity contribution >= 4 is 11.9 Å². The lowest BCUT2D eigenvalue weighted by molar-refractivity contribution is -0.161. The van der Waals surface area contributed by atoms with Gasteiger partial charge in [-0.05, 0) is 51.4 Å². The normalized spacial score (nSPS) is 12.7. The summed E-state index contributed by atoms with van der Waals surface area (Å²) in [7, 11) is 0. The smallest absolute Gasteiger partial charge is 0.306 e. The molecule has 0 aromatic carbocycles. The number of hydrogen-bond donors (Lipinski definition) is 1. The van der Waals surface area contributed by atoms with Crippen molar-refractivity contribution in [3.63, 3.8) is 0 Å². The van der Waals surface area contributed by atoms with Gasteiger partial charge in [-0.15, -0.1) is 0 Å². The van der Waals surface area contributed by atoms with E-state index in [2.05, 4.69) is 62.5 Å². The summed E-state index contributed by atoms with van der Waals surface area (Å²) in [6, 6.07) is 0. The van der Waals surface area contributed by atoms with Gasteiger partial charge in [-0.1, -0.05) is 152 Å². The van der Waals surface area contributed by atoms with E-state index >= 15 is 0 Å². The van der Waals surface area contributed by atoms with Crippen LogP contribution in [0.15, 0.2) is 48.6 Å². The summed E-state index contributed by atoms with van der Waals surface area (Å²) in [5.74, 6) is -0.609. The summed E-state index contributed by atoms with van der Waals surface area (Å²) >= 11 is 0. The van der Waals surface area contributed by atoms with Crippen LogP contribution in [0.2, 0.25) is 0 Å². The van der Waals surface area contributed by atoms with Crippen molar-refractivity contribution < 1.29 is 24.2 Å². The Kier molecular flexibility index (Phi) is 33.6. The fraction of sp³-hybridized carbons (Fsp3) is 0.744. The number of carbonyl (C=O) groups is 2. The van der Waals surface area contributed by atoms with Gasteiger partial charge in [-0.25, -0.2) is 0 Å². The van der Waals surface area contributed by atoms with Crippen LogP contribution >= 0.6 is 0 Å². The topological polar surface area (TPSA) is 72.8 Å². The highest BCUT2D eigenvalue weighted by atomic mass is 16.6. The van der Waals surface area contributed by atoms with Gasteiger partial charge in [0.25, 0.3) is 0 Å². The van der Waals surface area contributed by atoms with Crippen LogP contribution in [-0.2, 0) is 19.1 Å². The Labute approximate surface area is 271 Å². The molecule has 0 aromatic heterocycles. The number of aliphatic hydroxyl groups excluding tert-OH is 1.